The van der Waals surface area contributed by atoms with Crippen molar-refractivity contribution in [3.63, 3.8) is 0 Å². The largest absolute Gasteiger partial charge is 0.496 e. The fourth-order valence-electron chi connectivity index (χ4n) is 2.82. The normalized spacial score (nSPS) is 13.8. The number of ether oxygens (including phenoxy) is 1. The summed E-state index contributed by atoms with van der Waals surface area (Å²) in [6.07, 6.45) is 6.26. The third kappa shape index (κ3) is 2.74. The Kier molecular flexibility index (Phi) is 3.60. The Morgan fingerprint density at radius 2 is 2.14 bits per heavy atom. The highest BCUT2D eigenvalue weighted by molar-refractivity contribution is 5.43. The van der Waals surface area contributed by atoms with E-state index >= 15 is 0 Å². The zero-order chi connectivity index (χ0) is 14.8. The number of nitrogens with zero attached hydrogens (tertiary/aromatic N) is 3. The van der Waals surface area contributed by atoms with Gasteiger partial charge in [0.2, 0.25) is 0 Å². The van der Waals surface area contributed by atoms with Crippen molar-refractivity contribution in [3.05, 3.63) is 51.6 Å². The number of nitro groups is 1. The summed E-state index contributed by atoms with van der Waals surface area (Å²) in [5, 5.41) is 11.0. The first-order valence-electron chi connectivity index (χ1n) is 7.02. The van der Waals surface area contributed by atoms with E-state index in [0.29, 0.717) is 12.3 Å². The van der Waals surface area contributed by atoms with E-state index in [-0.39, 0.29) is 5.69 Å². The molecule has 2 aromatic rings. The molecular weight excluding hydrogens is 270 g/mol. The number of hydrogen-bond acceptors (Lipinski definition) is 4. The van der Waals surface area contributed by atoms with Gasteiger partial charge in [-0.2, -0.15) is 0 Å². The van der Waals surface area contributed by atoms with Gasteiger partial charge in [0.25, 0.3) is 5.69 Å². The van der Waals surface area contributed by atoms with Crippen LogP contribution in [0, 0.1) is 10.1 Å². The van der Waals surface area contributed by atoms with Crippen LogP contribution in [0.2, 0.25) is 0 Å². The number of aromatic nitrogens is 2. The molecule has 0 spiro atoms. The molecule has 6 heteroatoms. The van der Waals surface area contributed by atoms with E-state index in [4.69, 9.17) is 4.74 Å². The third-order valence-electron chi connectivity index (χ3n) is 3.86. The number of aryl methyl sites for hydroxylation is 1. The summed E-state index contributed by atoms with van der Waals surface area (Å²) < 4.78 is 7.24. The monoisotopic (exact) mass is 287 g/mol. The van der Waals surface area contributed by atoms with Crippen molar-refractivity contribution in [2.24, 2.45) is 0 Å². The fourth-order valence-corrected chi connectivity index (χ4v) is 2.82. The van der Waals surface area contributed by atoms with Crippen LogP contribution in [0.4, 0.5) is 5.69 Å². The first-order valence-corrected chi connectivity index (χ1v) is 7.02. The summed E-state index contributed by atoms with van der Waals surface area (Å²) >= 11 is 0. The topological polar surface area (TPSA) is 70.2 Å². The second-order valence-electron chi connectivity index (χ2n) is 5.27. The number of rotatable bonds is 4. The number of imidazole rings is 1. The van der Waals surface area contributed by atoms with Crippen LogP contribution in [0.1, 0.15) is 29.8 Å². The van der Waals surface area contributed by atoms with Crippen molar-refractivity contribution in [2.45, 2.75) is 32.2 Å². The Hall–Kier alpha value is -2.37. The molecule has 110 valence electrons. The van der Waals surface area contributed by atoms with Gasteiger partial charge in [-0.1, -0.05) is 0 Å². The molecule has 0 fully saturated rings. The second-order valence-corrected chi connectivity index (χ2v) is 5.27. The molecule has 0 unspecified atom stereocenters. The first kappa shape index (κ1) is 13.6. The highest BCUT2D eigenvalue weighted by Crippen LogP contribution is 2.25. The van der Waals surface area contributed by atoms with Crippen LogP contribution in [-0.2, 0) is 19.4 Å². The molecule has 0 bridgehead atoms. The number of non-ortho nitro benzene ring substituents is 1. The second kappa shape index (κ2) is 5.55. The average Bonchev–Trinajstić information content (AvgIpc) is 2.90. The zero-order valence-electron chi connectivity index (χ0n) is 11.9. The molecule has 1 aromatic heterocycles. The van der Waals surface area contributed by atoms with Crippen LogP contribution in [0.5, 0.6) is 5.75 Å². The quantitative estimate of drug-likeness (QED) is 0.640. The smallest absolute Gasteiger partial charge is 0.273 e. The standard InChI is InChI=1S/C15H17N3O3/c1-21-13-7-11(6-12(8-13)18(19)20)9-17-10-16-14-4-2-3-5-15(14)17/h6-8,10H,2-5,9H2,1H3. The highest BCUT2D eigenvalue weighted by Gasteiger charge is 2.16. The van der Waals surface area contributed by atoms with E-state index in [1.165, 1.54) is 37.4 Å². The van der Waals surface area contributed by atoms with Gasteiger partial charge >= 0.3 is 0 Å². The van der Waals surface area contributed by atoms with Gasteiger partial charge in [-0.05, 0) is 37.3 Å². The van der Waals surface area contributed by atoms with Crippen LogP contribution in [0.15, 0.2) is 24.5 Å². The van der Waals surface area contributed by atoms with Crippen molar-refractivity contribution in [3.8, 4) is 5.75 Å². The lowest BCUT2D eigenvalue weighted by Gasteiger charge is -2.14. The molecule has 0 aliphatic heterocycles. The van der Waals surface area contributed by atoms with Crippen molar-refractivity contribution in [2.75, 3.05) is 7.11 Å². The molecule has 0 saturated heterocycles. The summed E-state index contributed by atoms with van der Waals surface area (Å²) in [4.78, 5) is 15.0. The zero-order valence-corrected chi connectivity index (χ0v) is 11.9. The average molecular weight is 287 g/mol. The van der Waals surface area contributed by atoms with Gasteiger partial charge in [-0.3, -0.25) is 10.1 Å². The maximum Gasteiger partial charge on any atom is 0.273 e. The lowest BCUT2D eigenvalue weighted by molar-refractivity contribution is -0.385. The number of benzene rings is 1. The van der Waals surface area contributed by atoms with E-state index in [2.05, 4.69) is 9.55 Å². The molecule has 1 aliphatic carbocycles. The van der Waals surface area contributed by atoms with E-state index in [9.17, 15) is 10.1 Å². The summed E-state index contributed by atoms with van der Waals surface area (Å²) in [6.45, 7) is 0.584. The summed E-state index contributed by atoms with van der Waals surface area (Å²) in [5.74, 6) is 0.508. The Labute approximate surface area is 122 Å². The molecule has 0 amide bonds. The number of fused-ring (bicyclic) bond motifs is 1. The van der Waals surface area contributed by atoms with Gasteiger partial charge < -0.3 is 9.30 Å². The molecule has 0 saturated carbocycles. The van der Waals surface area contributed by atoms with Crippen molar-refractivity contribution >= 4 is 5.69 Å². The highest BCUT2D eigenvalue weighted by atomic mass is 16.6. The molecule has 21 heavy (non-hydrogen) atoms. The predicted molar refractivity (Wildman–Crippen MR) is 77.6 cm³/mol. The van der Waals surface area contributed by atoms with Crippen molar-refractivity contribution in [1.29, 1.82) is 0 Å². The van der Waals surface area contributed by atoms with Gasteiger partial charge in [0.05, 0.1) is 30.1 Å². The molecule has 6 nitrogen and oxygen atoms in total. The van der Waals surface area contributed by atoms with E-state index in [1.807, 2.05) is 12.4 Å². The molecule has 0 N–H and O–H groups in total. The van der Waals surface area contributed by atoms with Gasteiger partial charge in [0, 0.05) is 18.3 Å². The van der Waals surface area contributed by atoms with Gasteiger partial charge in [0.15, 0.2) is 0 Å². The van der Waals surface area contributed by atoms with E-state index < -0.39 is 4.92 Å². The van der Waals surface area contributed by atoms with Crippen molar-refractivity contribution < 1.29 is 9.66 Å². The molecule has 1 aromatic carbocycles. The molecule has 0 radical (unpaired) electrons. The minimum atomic E-state index is -0.393. The predicted octanol–water partition coefficient (Wildman–Crippen LogP) is 2.73. The molecule has 0 atom stereocenters. The minimum absolute atomic E-state index is 0.0540. The van der Waals surface area contributed by atoms with E-state index in [0.717, 1.165) is 18.4 Å². The number of hydrogen-bond donors (Lipinski definition) is 0. The number of methoxy groups -OCH3 is 1. The number of nitro benzene ring substituents is 1. The van der Waals surface area contributed by atoms with Gasteiger partial charge in [-0.15, -0.1) is 0 Å². The Balaban J connectivity index is 1.92. The lowest BCUT2D eigenvalue weighted by Crippen LogP contribution is -2.09. The van der Waals surface area contributed by atoms with Crippen LogP contribution < -0.4 is 4.74 Å². The van der Waals surface area contributed by atoms with Crippen LogP contribution in [0.3, 0.4) is 0 Å². The Morgan fingerprint density at radius 3 is 2.90 bits per heavy atom. The first-order chi connectivity index (χ1) is 10.2. The van der Waals surface area contributed by atoms with Crippen LogP contribution >= 0.6 is 0 Å². The van der Waals surface area contributed by atoms with Crippen molar-refractivity contribution in [1.82, 2.24) is 9.55 Å². The minimum Gasteiger partial charge on any atom is -0.496 e. The molecule has 3 rings (SSSR count). The van der Waals surface area contributed by atoms with Crippen LogP contribution in [-0.4, -0.2) is 21.6 Å². The summed E-state index contributed by atoms with van der Waals surface area (Å²) in [7, 11) is 1.52. The van der Waals surface area contributed by atoms with Gasteiger partial charge in [0.1, 0.15) is 5.75 Å². The van der Waals surface area contributed by atoms with Crippen LogP contribution in [0.25, 0.3) is 0 Å². The maximum atomic E-state index is 11.0. The lowest BCUT2D eigenvalue weighted by atomic mass is 10.0. The third-order valence-corrected chi connectivity index (χ3v) is 3.86. The summed E-state index contributed by atoms with van der Waals surface area (Å²) in [5.41, 5.74) is 3.33. The molecule has 1 aliphatic rings. The maximum absolute atomic E-state index is 11.0. The molecular formula is C15H17N3O3. The Morgan fingerprint density at radius 1 is 1.33 bits per heavy atom. The molecule has 1 heterocycles. The summed E-state index contributed by atoms with van der Waals surface area (Å²) in [6, 6.07) is 4.87. The van der Waals surface area contributed by atoms with Gasteiger partial charge in [-0.25, -0.2) is 4.98 Å². The Bertz CT molecular complexity index is 679. The SMILES string of the molecule is COc1cc(Cn2cnc3c2CCCC3)cc([N+](=O)[O-])c1. The fraction of sp³-hybridized carbons (Fsp3) is 0.400. The van der Waals surface area contributed by atoms with E-state index in [1.54, 1.807) is 6.07 Å².